The molecule has 0 aromatic heterocycles. The highest BCUT2D eigenvalue weighted by Gasteiger charge is 2.17. The summed E-state index contributed by atoms with van der Waals surface area (Å²) in [4.78, 5) is 16.5. The number of carbonyl (C=O) groups is 1. The number of rotatable bonds is 4. The maximum absolute atomic E-state index is 12.9. The van der Waals surface area contributed by atoms with Crippen molar-refractivity contribution in [1.29, 1.82) is 5.26 Å². The number of amides is 1. The number of hydrogen-bond donors (Lipinski definition) is 1. The van der Waals surface area contributed by atoms with E-state index in [0.29, 0.717) is 5.69 Å². The molecular weight excluding hydrogens is 331 g/mol. The summed E-state index contributed by atoms with van der Waals surface area (Å²) < 4.78 is 12.9. The number of halogens is 1. The van der Waals surface area contributed by atoms with Crippen LogP contribution in [0.4, 0.5) is 15.8 Å². The fourth-order valence-electron chi connectivity index (χ4n) is 2.80. The van der Waals surface area contributed by atoms with E-state index < -0.39 is 5.91 Å². The van der Waals surface area contributed by atoms with Crippen molar-refractivity contribution in [3.8, 4) is 6.07 Å². The highest BCUT2D eigenvalue weighted by atomic mass is 19.1. The van der Waals surface area contributed by atoms with E-state index in [2.05, 4.69) is 22.3 Å². The topological polar surface area (TPSA) is 59.4 Å². The van der Waals surface area contributed by atoms with Gasteiger partial charge in [0.2, 0.25) is 0 Å². The Kier molecular flexibility index (Phi) is 5.49. The van der Waals surface area contributed by atoms with Crippen molar-refractivity contribution in [3.63, 3.8) is 0 Å². The lowest BCUT2D eigenvalue weighted by atomic mass is 10.2. The molecule has 1 N–H and O–H groups in total. The van der Waals surface area contributed by atoms with Crippen LogP contribution in [0.25, 0.3) is 0 Å². The van der Waals surface area contributed by atoms with Crippen LogP contribution in [0.3, 0.4) is 0 Å². The number of anilines is 2. The molecule has 0 unspecified atom stereocenters. The normalized spacial score (nSPS) is 14.7. The molecule has 0 saturated carbocycles. The largest absolute Gasteiger partial charge is 0.373 e. The van der Waals surface area contributed by atoms with Gasteiger partial charge in [0.25, 0.3) is 5.91 Å². The highest BCUT2D eigenvalue weighted by molar-refractivity contribution is 6.06. The van der Waals surface area contributed by atoms with Crippen LogP contribution in [-0.4, -0.2) is 37.0 Å². The van der Waals surface area contributed by atoms with Gasteiger partial charge >= 0.3 is 0 Å². The molecule has 132 valence electrons. The van der Waals surface area contributed by atoms with Crippen LogP contribution in [-0.2, 0) is 4.79 Å². The van der Waals surface area contributed by atoms with E-state index in [1.54, 1.807) is 6.20 Å². The minimum atomic E-state index is -0.496. The van der Waals surface area contributed by atoms with Gasteiger partial charge in [-0.1, -0.05) is 18.2 Å². The molecule has 0 spiro atoms. The fraction of sp³-hybridized carbons (Fsp3) is 0.200. The van der Waals surface area contributed by atoms with E-state index in [0.717, 1.165) is 26.2 Å². The quantitative estimate of drug-likeness (QED) is 0.680. The predicted molar refractivity (Wildman–Crippen MR) is 99.0 cm³/mol. The molecule has 2 aromatic carbocycles. The summed E-state index contributed by atoms with van der Waals surface area (Å²) in [6.45, 7) is 3.09. The van der Waals surface area contributed by atoms with Gasteiger partial charge in [-0.2, -0.15) is 5.26 Å². The van der Waals surface area contributed by atoms with Gasteiger partial charge < -0.3 is 15.1 Å². The average molecular weight is 350 g/mol. The first-order chi connectivity index (χ1) is 12.7. The monoisotopic (exact) mass is 350 g/mol. The minimum Gasteiger partial charge on any atom is -0.373 e. The third-order valence-corrected chi connectivity index (χ3v) is 4.21. The highest BCUT2D eigenvalue weighted by Crippen LogP contribution is 2.16. The predicted octanol–water partition coefficient (Wildman–Crippen LogP) is 2.99. The summed E-state index contributed by atoms with van der Waals surface area (Å²) in [6.07, 6.45) is 1.60. The van der Waals surface area contributed by atoms with Gasteiger partial charge in [0, 0.05) is 43.8 Å². The number of nitrogens with zero attached hydrogens (tertiary/aromatic N) is 3. The minimum absolute atomic E-state index is 0.0301. The third-order valence-electron chi connectivity index (χ3n) is 4.21. The van der Waals surface area contributed by atoms with Gasteiger partial charge in [0.1, 0.15) is 17.5 Å². The van der Waals surface area contributed by atoms with Crippen molar-refractivity contribution >= 4 is 17.3 Å². The Hall–Kier alpha value is -3.33. The number of benzene rings is 2. The number of piperazine rings is 1. The molecule has 1 fully saturated rings. The van der Waals surface area contributed by atoms with Gasteiger partial charge in [0.05, 0.1) is 0 Å². The van der Waals surface area contributed by atoms with Crippen LogP contribution >= 0.6 is 0 Å². The zero-order valence-electron chi connectivity index (χ0n) is 14.2. The first-order valence-electron chi connectivity index (χ1n) is 8.38. The molecule has 1 heterocycles. The molecule has 26 heavy (non-hydrogen) atoms. The molecule has 1 aliphatic rings. The zero-order valence-corrected chi connectivity index (χ0v) is 14.2. The lowest BCUT2D eigenvalue weighted by Crippen LogP contribution is -2.44. The molecule has 0 bridgehead atoms. The van der Waals surface area contributed by atoms with E-state index in [-0.39, 0.29) is 11.4 Å². The van der Waals surface area contributed by atoms with E-state index >= 15 is 0 Å². The number of hydrogen-bond acceptors (Lipinski definition) is 4. The molecule has 0 radical (unpaired) electrons. The molecule has 2 aromatic rings. The SMILES string of the molecule is N#C/C(=C/N1CCN(c2ccccc2)CC1)C(=O)Nc1ccc(F)cc1. The van der Waals surface area contributed by atoms with Gasteiger partial charge in [-0.25, -0.2) is 4.39 Å². The number of carbonyl (C=O) groups excluding carboxylic acids is 1. The second-order valence-corrected chi connectivity index (χ2v) is 5.97. The van der Waals surface area contributed by atoms with E-state index in [4.69, 9.17) is 0 Å². The summed E-state index contributed by atoms with van der Waals surface area (Å²) in [7, 11) is 0. The Morgan fingerprint density at radius 3 is 2.31 bits per heavy atom. The summed E-state index contributed by atoms with van der Waals surface area (Å²) in [5, 5.41) is 11.9. The van der Waals surface area contributed by atoms with Crippen LogP contribution in [0, 0.1) is 17.1 Å². The van der Waals surface area contributed by atoms with Gasteiger partial charge in [-0.3, -0.25) is 4.79 Å². The molecule has 1 saturated heterocycles. The van der Waals surface area contributed by atoms with Crippen molar-refractivity contribution < 1.29 is 9.18 Å². The second-order valence-electron chi connectivity index (χ2n) is 5.97. The van der Waals surface area contributed by atoms with Gasteiger partial charge in [-0.15, -0.1) is 0 Å². The summed E-state index contributed by atoms with van der Waals surface area (Å²) in [5.41, 5.74) is 1.65. The average Bonchev–Trinajstić information content (AvgIpc) is 2.69. The Bertz CT molecular complexity index is 819. The first-order valence-corrected chi connectivity index (χ1v) is 8.38. The maximum atomic E-state index is 12.9. The molecule has 1 amide bonds. The maximum Gasteiger partial charge on any atom is 0.267 e. The van der Waals surface area contributed by atoms with Crippen molar-refractivity contribution in [2.24, 2.45) is 0 Å². The number of para-hydroxylation sites is 1. The van der Waals surface area contributed by atoms with Crippen molar-refractivity contribution in [2.45, 2.75) is 0 Å². The molecule has 6 heteroatoms. The van der Waals surface area contributed by atoms with Crippen LogP contribution < -0.4 is 10.2 Å². The number of nitriles is 1. The Balaban J connectivity index is 1.60. The van der Waals surface area contributed by atoms with Crippen molar-refractivity contribution in [2.75, 3.05) is 36.4 Å². The fourth-order valence-corrected chi connectivity index (χ4v) is 2.80. The third kappa shape index (κ3) is 4.39. The Morgan fingerprint density at radius 1 is 1.04 bits per heavy atom. The second kappa shape index (κ2) is 8.17. The molecule has 1 aliphatic heterocycles. The summed E-state index contributed by atoms with van der Waals surface area (Å²) >= 11 is 0. The van der Waals surface area contributed by atoms with E-state index in [1.165, 1.54) is 30.0 Å². The molecule has 0 atom stereocenters. The zero-order chi connectivity index (χ0) is 18.4. The van der Waals surface area contributed by atoms with Crippen LogP contribution in [0.2, 0.25) is 0 Å². The van der Waals surface area contributed by atoms with Gasteiger partial charge in [0.15, 0.2) is 0 Å². The smallest absolute Gasteiger partial charge is 0.267 e. The molecule has 3 rings (SSSR count). The van der Waals surface area contributed by atoms with Crippen LogP contribution in [0.5, 0.6) is 0 Å². The lowest BCUT2D eigenvalue weighted by molar-refractivity contribution is -0.112. The first kappa shape index (κ1) is 17.5. The molecular formula is C20H19FN4O. The lowest BCUT2D eigenvalue weighted by Gasteiger charge is -2.35. The molecule has 0 aliphatic carbocycles. The van der Waals surface area contributed by atoms with Crippen LogP contribution in [0.1, 0.15) is 0 Å². The van der Waals surface area contributed by atoms with E-state index in [9.17, 15) is 14.4 Å². The van der Waals surface area contributed by atoms with E-state index in [1.807, 2.05) is 29.2 Å². The summed E-state index contributed by atoms with van der Waals surface area (Å²) in [5.74, 6) is -0.875. The van der Waals surface area contributed by atoms with Crippen molar-refractivity contribution in [1.82, 2.24) is 4.90 Å². The van der Waals surface area contributed by atoms with Crippen LogP contribution in [0.15, 0.2) is 66.4 Å². The Labute approximate surface area is 152 Å². The molecule has 5 nitrogen and oxygen atoms in total. The summed E-state index contributed by atoms with van der Waals surface area (Å²) in [6, 6.07) is 17.5. The van der Waals surface area contributed by atoms with Gasteiger partial charge in [-0.05, 0) is 36.4 Å². The number of nitrogens with one attached hydrogen (secondary N) is 1. The van der Waals surface area contributed by atoms with Crippen molar-refractivity contribution in [3.05, 3.63) is 72.2 Å². The Morgan fingerprint density at radius 2 is 1.69 bits per heavy atom. The standard InChI is InChI=1S/C20H19FN4O/c21-17-6-8-18(9-7-17)23-20(26)16(14-22)15-24-10-12-25(13-11-24)19-4-2-1-3-5-19/h1-9,15H,10-13H2,(H,23,26)/b16-15-.